The van der Waals surface area contributed by atoms with Crippen LogP contribution in [-0.2, 0) is 25.7 Å². The summed E-state index contributed by atoms with van der Waals surface area (Å²) in [5.74, 6) is 0.00135. The van der Waals surface area contributed by atoms with Gasteiger partial charge in [0.05, 0.1) is 18.2 Å². The SMILES string of the molecule is CC[C@H](C)[C@@H]([C@@H](CC(=O)I)OC)N(C)C(=O)[C@@H](NC(=O)[C@H](C(C)C)N(C)Cc1ccnc(N)c1)C(C)C. The molecule has 0 radical (unpaired) electrons. The Morgan fingerprint density at radius 3 is 2.22 bits per heavy atom. The fraction of sp³-hybridized carbons (Fsp3) is 0.704. The number of ether oxygens (including phenoxy) is 1. The van der Waals surface area contributed by atoms with Gasteiger partial charge in [0.2, 0.25) is 11.8 Å². The molecule has 1 heterocycles. The lowest BCUT2D eigenvalue weighted by Gasteiger charge is -2.40. The van der Waals surface area contributed by atoms with Crippen molar-refractivity contribution in [1.29, 1.82) is 0 Å². The van der Waals surface area contributed by atoms with Crippen molar-refractivity contribution in [3.05, 3.63) is 23.9 Å². The standard InChI is InChI=1S/C27H46IN5O4/c1-10-18(6)25(20(37-9)14-21(28)34)33(8)27(36)23(16(2)3)31-26(35)24(17(4)5)32(7)15-19-11-12-30-22(29)13-19/h11-13,16-18,20,23-25H,10,14-15H2,1-9H3,(H2,29,30)(H,31,35)/t18-,20+,23-,24-,25-/m0/s1. The number of methoxy groups -OCH3 is 1. The number of nitrogen functional groups attached to an aromatic ring is 1. The van der Waals surface area contributed by atoms with Crippen molar-refractivity contribution in [2.75, 3.05) is 26.9 Å². The molecule has 0 aliphatic heterocycles. The summed E-state index contributed by atoms with van der Waals surface area (Å²) in [5, 5.41) is 3.05. The van der Waals surface area contributed by atoms with E-state index in [9.17, 15) is 14.4 Å². The van der Waals surface area contributed by atoms with Crippen LogP contribution in [0.2, 0.25) is 0 Å². The molecule has 210 valence electrons. The molecule has 0 aliphatic carbocycles. The number of nitrogens with zero attached hydrogens (tertiary/aromatic N) is 3. The number of pyridine rings is 1. The van der Waals surface area contributed by atoms with Gasteiger partial charge in [0.15, 0.2) is 3.79 Å². The predicted octanol–water partition coefficient (Wildman–Crippen LogP) is 3.50. The molecule has 9 nitrogen and oxygen atoms in total. The lowest BCUT2D eigenvalue weighted by Crippen LogP contribution is -2.59. The Morgan fingerprint density at radius 2 is 1.76 bits per heavy atom. The Kier molecular flexibility index (Phi) is 14.0. The van der Waals surface area contributed by atoms with Gasteiger partial charge in [0, 0.05) is 33.3 Å². The number of nitrogens with two attached hydrogens (primary N) is 1. The first-order valence-electron chi connectivity index (χ1n) is 12.9. The summed E-state index contributed by atoms with van der Waals surface area (Å²) in [6.07, 6.45) is 2.25. The summed E-state index contributed by atoms with van der Waals surface area (Å²) < 4.78 is 5.66. The quantitative estimate of drug-likeness (QED) is 0.225. The average Bonchev–Trinajstić information content (AvgIpc) is 2.80. The number of hydrogen-bond acceptors (Lipinski definition) is 7. The van der Waals surface area contributed by atoms with Crippen molar-refractivity contribution in [1.82, 2.24) is 20.1 Å². The largest absolute Gasteiger partial charge is 0.384 e. The number of aromatic nitrogens is 1. The Labute approximate surface area is 236 Å². The number of amides is 2. The van der Waals surface area contributed by atoms with Crippen molar-refractivity contribution >= 4 is 44.0 Å². The molecular weight excluding hydrogens is 585 g/mol. The first-order valence-corrected chi connectivity index (χ1v) is 14.0. The van der Waals surface area contributed by atoms with Crippen molar-refractivity contribution in [3.8, 4) is 0 Å². The Balaban J connectivity index is 3.18. The van der Waals surface area contributed by atoms with E-state index in [0.717, 1.165) is 12.0 Å². The highest BCUT2D eigenvalue weighted by atomic mass is 127. The monoisotopic (exact) mass is 631 g/mol. The van der Waals surface area contributed by atoms with E-state index in [4.69, 9.17) is 10.5 Å². The van der Waals surface area contributed by atoms with Crippen LogP contribution in [0.25, 0.3) is 0 Å². The Hall–Kier alpha value is -1.79. The van der Waals surface area contributed by atoms with Crippen LogP contribution in [0.4, 0.5) is 5.82 Å². The molecular formula is C27H46IN5O4. The minimum Gasteiger partial charge on any atom is -0.384 e. The number of likely N-dealkylation sites (N-methyl/N-ethyl adjacent to an activating group) is 2. The van der Waals surface area contributed by atoms with Gasteiger partial charge in [-0.2, -0.15) is 0 Å². The van der Waals surface area contributed by atoms with Crippen molar-refractivity contribution in [2.24, 2.45) is 17.8 Å². The van der Waals surface area contributed by atoms with E-state index in [2.05, 4.69) is 24.1 Å². The van der Waals surface area contributed by atoms with Crippen LogP contribution in [0.5, 0.6) is 0 Å². The normalized spacial score (nSPS) is 15.8. The van der Waals surface area contributed by atoms with Gasteiger partial charge in [-0.3, -0.25) is 19.3 Å². The smallest absolute Gasteiger partial charge is 0.245 e. The highest BCUT2D eigenvalue weighted by molar-refractivity contribution is 14.1. The highest BCUT2D eigenvalue weighted by Crippen LogP contribution is 2.24. The third-order valence-electron chi connectivity index (χ3n) is 6.95. The molecule has 0 fully saturated rings. The zero-order valence-corrected chi connectivity index (χ0v) is 26.0. The van der Waals surface area contributed by atoms with Gasteiger partial charge in [0.25, 0.3) is 0 Å². The third-order valence-corrected chi connectivity index (χ3v) is 7.39. The van der Waals surface area contributed by atoms with Crippen LogP contribution in [0.1, 0.15) is 59.9 Å². The maximum absolute atomic E-state index is 13.8. The van der Waals surface area contributed by atoms with Gasteiger partial charge in [-0.05, 0) is 65.1 Å². The van der Waals surface area contributed by atoms with Crippen LogP contribution in [0.15, 0.2) is 18.3 Å². The Bertz CT molecular complexity index is 897. The van der Waals surface area contributed by atoms with E-state index in [1.54, 1.807) is 53.9 Å². The molecule has 10 heteroatoms. The molecule has 0 unspecified atom stereocenters. The molecule has 1 aromatic rings. The molecule has 0 spiro atoms. The predicted molar refractivity (Wildman–Crippen MR) is 156 cm³/mol. The molecule has 1 rings (SSSR count). The maximum Gasteiger partial charge on any atom is 0.245 e. The summed E-state index contributed by atoms with van der Waals surface area (Å²) >= 11 is 1.76. The number of hydrogen-bond donors (Lipinski definition) is 2. The van der Waals surface area contributed by atoms with Crippen LogP contribution in [0.3, 0.4) is 0 Å². The number of nitrogens with one attached hydrogen (secondary N) is 1. The lowest BCUT2D eigenvalue weighted by atomic mass is 9.90. The maximum atomic E-state index is 13.8. The van der Waals surface area contributed by atoms with Crippen molar-refractivity contribution in [3.63, 3.8) is 0 Å². The minimum atomic E-state index is -0.719. The second kappa shape index (κ2) is 15.6. The molecule has 2 amide bonds. The zero-order valence-electron chi connectivity index (χ0n) is 23.8. The van der Waals surface area contributed by atoms with Gasteiger partial charge in [-0.25, -0.2) is 4.98 Å². The molecule has 5 atom stereocenters. The van der Waals surface area contributed by atoms with Gasteiger partial charge in [-0.15, -0.1) is 0 Å². The van der Waals surface area contributed by atoms with E-state index >= 15 is 0 Å². The summed E-state index contributed by atoms with van der Waals surface area (Å²) in [6, 6.07) is 2.19. The number of carbonyl (C=O) groups excluding carboxylic acids is 3. The summed E-state index contributed by atoms with van der Waals surface area (Å²) in [5.41, 5.74) is 6.78. The average molecular weight is 632 g/mol. The Morgan fingerprint density at radius 1 is 1.14 bits per heavy atom. The van der Waals surface area contributed by atoms with E-state index in [1.807, 2.05) is 45.7 Å². The number of carbonyl (C=O) groups is 3. The second-order valence-corrected chi connectivity index (χ2v) is 11.8. The van der Waals surface area contributed by atoms with Gasteiger partial charge in [-0.1, -0.05) is 48.0 Å². The van der Waals surface area contributed by atoms with Crippen LogP contribution >= 0.6 is 22.6 Å². The van der Waals surface area contributed by atoms with Crippen LogP contribution < -0.4 is 11.1 Å². The third kappa shape index (κ3) is 9.79. The molecule has 0 aromatic carbocycles. The summed E-state index contributed by atoms with van der Waals surface area (Å²) in [7, 11) is 5.20. The van der Waals surface area contributed by atoms with E-state index in [0.29, 0.717) is 12.4 Å². The second-order valence-electron chi connectivity index (χ2n) is 10.6. The molecule has 1 aromatic heterocycles. The van der Waals surface area contributed by atoms with Gasteiger partial charge < -0.3 is 20.7 Å². The minimum absolute atomic E-state index is 0.00484. The molecule has 37 heavy (non-hydrogen) atoms. The molecule has 0 aliphatic rings. The molecule has 3 N–H and O–H groups in total. The molecule has 0 saturated carbocycles. The van der Waals surface area contributed by atoms with E-state index in [-0.39, 0.29) is 45.8 Å². The lowest BCUT2D eigenvalue weighted by molar-refractivity contribution is -0.144. The molecule has 0 saturated heterocycles. The first kappa shape index (κ1) is 33.2. The fourth-order valence-electron chi connectivity index (χ4n) is 4.85. The highest BCUT2D eigenvalue weighted by Gasteiger charge is 2.38. The van der Waals surface area contributed by atoms with E-state index in [1.165, 1.54) is 0 Å². The number of halogens is 1. The molecule has 0 bridgehead atoms. The summed E-state index contributed by atoms with van der Waals surface area (Å²) in [4.78, 5) is 47.0. The van der Waals surface area contributed by atoms with Crippen LogP contribution in [-0.4, -0.2) is 75.8 Å². The van der Waals surface area contributed by atoms with Crippen LogP contribution in [0, 0.1) is 17.8 Å². The number of anilines is 1. The topological polar surface area (TPSA) is 118 Å². The van der Waals surface area contributed by atoms with Gasteiger partial charge >= 0.3 is 0 Å². The zero-order chi connectivity index (χ0) is 28.4. The van der Waals surface area contributed by atoms with E-state index < -0.39 is 18.2 Å². The summed E-state index contributed by atoms with van der Waals surface area (Å²) in [6.45, 7) is 12.4. The number of rotatable bonds is 15. The fourth-order valence-corrected chi connectivity index (χ4v) is 5.28. The van der Waals surface area contributed by atoms with Crippen molar-refractivity contribution in [2.45, 2.75) is 85.2 Å². The van der Waals surface area contributed by atoms with Crippen molar-refractivity contribution < 1.29 is 19.1 Å². The van der Waals surface area contributed by atoms with Gasteiger partial charge in [0.1, 0.15) is 11.9 Å². The first-order chi connectivity index (χ1) is 17.2.